The molecule has 1 rings (SSSR count). The summed E-state index contributed by atoms with van der Waals surface area (Å²) in [5.74, 6) is -0.0175. The first kappa shape index (κ1) is 24.1. The normalized spacial score (nSPS) is 13.3. The Morgan fingerprint density at radius 3 is 2.24 bits per heavy atom. The molecule has 2 N–H and O–H groups in total. The highest BCUT2D eigenvalue weighted by Crippen LogP contribution is 2.10. The van der Waals surface area contributed by atoms with Crippen LogP contribution in [-0.4, -0.2) is 29.0 Å². The number of nitrogens with zero attached hydrogens (tertiary/aromatic N) is 1. The lowest BCUT2D eigenvalue weighted by Gasteiger charge is -2.23. The Balaban J connectivity index is 2.73. The Hall–Kier alpha value is -2.90. The number of carbonyl (C=O) groups is 2. The number of hydrogen-bond acceptors (Lipinski definition) is 5. The molecule has 8 heteroatoms. The van der Waals surface area contributed by atoms with Crippen molar-refractivity contribution in [2.45, 2.75) is 59.2 Å². The highest BCUT2D eigenvalue weighted by molar-refractivity contribution is 5.86. The summed E-state index contributed by atoms with van der Waals surface area (Å²) in [5, 5.41) is 16.0. The van der Waals surface area contributed by atoms with E-state index < -0.39 is 29.0 Å². The van der Waals surface area contributed by atoms with Crippen molar-refractivity contribution in [1.29, 1.82) is 0 Å². The summed E-state index contributed by atoms with van der Waals surface area (Å²) >= 11 is 0. The molecule has 0 aliphatic heterocycles. The molecule has 0 saturated carbocycles. The van der Waals surface area contributed by atoms with Gasteiger partial charge in [-0.1, -0.05) is 58.0 Å². The zero-order valence-corrected chi connectivity index (χ0v) is 17.5. The Morgan fingerprint density at radius 1 is 1.07 bits per heavy atom. The molecule has 0 saturated heterocycles. The lowest BCUT2D eigenvalue weighted by atomic mass is 10.0. The molecule has 29 heavy (non-hydrogen) atoms. The maximum absolute atomic E-state index is 12.7. The van der Waals surface area contributed by atoms with E-state index in [9.17, 15) is 19.7 Å². The lowest BCUT2D eigenvalue weighted by molar-refractivity contribution is -0.402. The molecule has 0 spiro atoms. The van der Waals surface area contributed by atoms with Gasteiger partial charge in [-0.25, -0.2) is 4.79 Å². The van der Waals surface area contributed by atoms with Crippen LogP contribution in [0.15, 0.2) is 42.6 Å². The van der Waals surface area contributed by atoms with Gasteiger partial charge in [0, 0.05) is 6.08 Å². The van der Waals surface area contributed by atoms with Gasteiger partial charge in [-0.05, 0) is 30.2 Å². The number of amides is 2. The highest BCUT2D eigenvalue weighted by Gasteiger charge is 2.25. The van der Waals surface area contributed by atoms with Crippen molar-refractivity contribution in [3.63, 3.8) is 0 Å². The number of nitrogens with one attached hydrogen (secondary N) is 2. The molecular weight excluding hydrogens is 374 g/mol. The van der Waals surface area contributed by atoms with Gasteiger partial charge >= 0.3 is 6.09 Å². The first-order valence-electron chi connectivity index (χ1n) is 9.76. The van der Waals surface area contributed by atoms with Crippen LogP contribution in [0.5, 0.6) is 0 Å². The Labute approximate surface area is 171 Å². The van der Waals surface area contributed by atoms with Gasteiger partial charge in [-0.2, -0.15) is 0 Å². The maximum Gasteiger partial charge on any atom is 0.408 e. The fourth-order valence-electron chi connectivity index (χ4n) is 2.76. The predicted octanol–water partition coefficient (Wildman–Crippen LogP) is 3.65. The minimum Gasteiger partial charge on any atom is -0.445 e. The second kappa shape index (κ2) is 12.5. The molecule has 2 unspecified atom stereocenters. The molecule has 0 aliphatic rings. The van der Waals surface area contributed by atoms with Crippen molar-refractivity contribution >= 4 is 12.0 Å². The van der Waals surface area contributed by atoms with Gasteiger partial charge in [-0.3, -0.25) is 14.9 Å². The van der Waals surface area contributed by atoms with E-state index in [1.165, 1.54) is 6.08 Å². The summed E-state index contributed by atoms with van der Waals surface area (Å²) in [6.07, 6.45) is 2.46. The van der Waals surface area contributed by atoms with Gasteiger partial charge in [-0.15, -0.1) is 0 Å². The van der Waals surface area contributed by atoms with E-state index in [4.69, 9.17) is 4.74 Å². The minimum atomic E-state index is -0.794. The second-order valence-corrected chi connectivity index (χ2v) is 7.76. The quantitative estimate of drug-likeness (QED) is 0.431. The van der Waals surface area contributed by atoms with E-state index in [1.807, 2.05) is 58.0 Å². The summed E-state index contributed by atoms with van der Waals surface area (Å²) in [6, 6.07) is 7.94. The zero-order chi connectivity index (χ0) is 21.8. The fourth-order valence-corrected chi connectivity index (χ4v) is 2.76. The number of benzene rings is 1. The van der Waals surface area contributed by atoms with Crippen molar-refractivity contribution in [3.8, 4) is 0 Å². The molecule has 0 heterocycles. The largest absolute Gasteiger partial charge is 0.445 e. The maximum atomic E-state index is 12.7. The van der Waals surface area contributed by atoms with Crippen LogP contribution in [0.3, 0.4) is 0 Å². The third-order valence-electron chi connectivity index (χ3n) is 4.02. The van der Waals surface area contributed by atoms with Gasteiger partial charge < -0.3 is 15.4 Å². The smallest absolute Gasteiger partial charge is 0.408 e. The average molecular weight is 405 g/mol. The number of nitro groups is 1. The summed E-state index contributed by atoms with van der Waals surface area (Å²) in [5.41, 5.74) is 0.842. The van der Waals surface area contributed by atoms with Crippen LogP contribution in [0.1, 0.15) is 46.1 Å². The molecule has 0 radical (unpaired) electrons. The van der Waals surface area contributed by atoms with Gasteiger partial charge in [0.1, 0.15) is 12.6 Å². The van der Waals surface area contributed by atoms with Crippen molar-refractivity contribution in [3.05, 3.63) is 58.3 Å². The molecule has 0 bridgehead atoms. The predicted molar refractivity (Wildman–Crippen MR) is 111 cm³/mol. The van der Waals surface area contributed by atoms with Crippen LogP contribution in [0.2, 0.25) is 0 Å². The van der Waals surface area contributed by atoms with Crippen molar-refractivity contribution in [2.75, 3.05) is 0 Å². The zero-order valence-electron chi connectivity index (χ0n) is 17.5. The molecular formula is C21H31N3O5. The number of hydrogen-bond donors (Lipinski definition) is 2. The average Bonchev–Trinajstić information content (AvgIpc) is 2.64. The van der Waals surface area contributed by atoms with Crippen molar-refractivity contribution in [2.24, 2.45) is 11.8 Å². The third kappa shape index (κ3) is 10.9. The van der Waals surface area contributed by atoms with E-state index in [1.54, 1.807) is 0 Å². The monoisotopic (exact) mass is 405 g/mol. The van der Waals surface area contributed by atoms with Gasteiger partial charge in [0.15, 0.2) is 0 Å². The Morgan fingerprint density at radius 2 is 1.69 bits per heavy atom. The standard InChI is InChI=1S/C21H31N3O5/c1-15(2)12-18(10-11-24(27)28)22-20(25)19(13-16(3)4)23-21(26)29-14-17-8-6-5-7-9-17/h5-11,15-16,18-19H,12-14H2,1-4H3,(H,22,25)(H,23,26). The molecule has 2 amide bonds. The first-order valence-corrected chi connectivity index (χ1v) is 9.76. The molecule has 1 aromatic carbocycles. The van der Waals surface area contributed by atoms with Gasteiger partial charge in [0.2, 0.25) is 12.1 Å². The van der Waals surface area contributed by atoms with Crippen LogP contribution in [0.4, 0.5) is 4.79 Å². The summed E-state index contributed by atoms with van der Waals surface area (Å²) < 4.78 is 5.21. The molecule has 8 nitrogen and oxygen atoms in total. The van der Waals surface area contributed by atoms with Crippen molar-refractivity contribution < 1.29 is 19.2 Å². The Bertz CT molecular complexity index is 689. The summed E-state index contributed by atoms with van der Waals surface area (Å²) in [6.45, 7) is 7.91. The van der Waals surface area contributed by atoms with Gasteiger partial charge in [0.05, 0.1) is 11.0 Å². The van der Waals surface area contributed by atoms with E-state index in [0.29, 0.717) is 12.8 Å². The van der Waals surface area contributed by atoms with E-state index in [-0.39, 0.29) is 18.4 Å². The molecule has 2 atom stereocenters. The molecule has 0 fully saturated rings. The van der Waals surface area contributed by atoms with Crippen molar-refractivity contribution in [1.82, 2.24) is 10.6 Å². The first-order chi connectivity index (χ1) is 13.7. The lowest BCUT2D eigenvalue weighted by Crippen LogP contribution is -2.50. The van der Waals surface area contributed by atoms with Crippen LogP contribution in [-0.2, 0) is 16.1 Å². The van der Waals surface area contributed by atoms with E-state index in [2.05, 4.69) is 10.6 Å². The number of rotatable bonds is 11. The topological polar surface area (TPSA) is 111 Å². The second-order valence-electron chi connectivity index (χ2n) is 7.76. The minimum absolute atomic E-state index is 0.101. The summed E-state index contributed by atoms with van der Waals surface area (Å²) in [7, 11) is 0. The number of alkyl carbamates (subject to hydrolysis) is 1. The number of ether oxygens (including phenoxy) is 1. The third-order valence-corrected chi connectivity index (χ3v) is 4.02. The Kier molecular flexibility index (Phi) is 10.4. The summed E-state index contributed by atoms with van der Waals surface area (Å²) in [4.78, 5) is 35.0. The molecule has 1 aromatic rings. The fraction of sp³-hybridized carbons (Fsp3) is 0.524. The number of carbonyl (C=O) groups excluding carboxylic acids is 2. The highest BCUT2D eigenvalue weighted by atomic mass is 16.6. The van der Waals surface area contributed by atoms with E-state index >= 15 is 0 Å². The van der Waals surface area contributed by atoms with Crippen LogP contribution in [0.25, 0.3) is 0 Å². The molecule has 160 valence electrons. The van der Waals surface area contributed by atoms with Crippen LogP contribution >= 0.6 is 0 Å². The van der Waals surface area contributed by atoms with Crippen LogP contribution in [0, 0.1) is 22.0 Å². The molecule has 0 aliphatic carbocycles. The van der Waals surface area contributed by atoms with Crippen LogP contribution < -0.4 is 10.6 Å². The van der Waals surface area contributed by atoms with E-state index in [0.717, 1.165) is 11.8 Å². The molecule has 0 aromatic heterocycles. The van der Waals surface area contributed by atoms with Gasteiger partial charge in [0.25, 0.3) is 0 Å². The SMILES string of the molecule is CC(C)CC(C=C[N+](=O)[O-])NC(=O)C(CC(C)C)NC(=O)OCc1ccccc1.